The van der Waals surface area contributed by atoms with Gasteiger partial charge in [0.05, 0.1) is 18.2 Å². The van der Waals surface area contributed by atoms with E-state index in [1.54, 1.807) is 31.3 Å². The van der Waals surface area contributed by atoms with Gasteiger partial charge in [-0.3, -0.25) is 13.9 Å². The summed E-state index contributed by atoms with van der Waals surface area (Å²) < 4.78 is 2.49. The van der Waals surface area contributed by atoms with Crippen LogP contribution in [0.25, 0.3) is 0 Å². The monoisotopic (exact) mass is 270 g/mol. The molecule has 0 spiro atoms. The minimum Gasteiger partial charge on any atom is -0.379 e. The molecule has 1 heterocycles. The Hall–Kier alpha value is -2.81. The lowest BCUT2D eigenvalue weighted by molar-refractivity contribution is 0.655. The number of nitrogens with one attached hydrogen (secondary N) is 1. The van der Waals surface area contributed by atoms with Gasteiger partial charge in [-0.1, -0.05) is 0 Å². The van der Waals surface area contributed by atoms with Gasteiger partial charge in [0.1, 0.15) is 0 Å². The standard InChI is InChI=1S/C14H14N4O2/c1-17-12(7-13(19)18(2)14(17)20)9-16-11-5-3-10(8-15)4-6-11/h3-7,16H,9H2,1-2H3. The van der Waals surface area contributed by atoms with E-state index in [4.69, 9.17) is 5.26 Å². The number of anilines is 1. The zero-order valence-corrected chi connectivity index (χ0v) is 11.3. The fraction of sp³-hybridized carbons (Fsp3) is 0.214. The third-order valence-corrected chi connectivity index (χ3v) is 3.11. The van der Waals surface area contributed by atoms with Gasteiger partial charge < -0.3 is 5.32 Å². The summed E-state index contributed by atoms with van der Waals surface area (Å²) in [6.45, 7) is 0.355. The quantitative estimate of drug-likeness (QED) is 0.884. The third kappa shape index (κ3) is 2.62. The Morgan fingerprint density at radius 3 is 2.40 bits per heavy atom. The number of nitrogens with zero attached hydrogens (tertiary/aromatic N) is 3. The molecular formula is C14H14N4O2. The number of hydrogen-bond acceptors (Lipinski definition) is 4. The largest absolute Gasteiger partial charge is 0.379 e. The van der Waals surface area contributed by atoms with Crippen LogP contribution in [-0.4, -0.2) is 9.13 Å². The van der Waals surface area contributed by atoms with Crippen molar-refractivity contribution in [1.82, 2.24) is 9.13 Å². The van der Waals surface area contributed by atoms with Gasteiger partial charge in [-0.05, 0) is 24.3 Å². The van der Waals surface area contributed by atoms with Crippen LogP contribution in [0.1, 0.15) is 11.3 Å². The van der Waals surface area contributed by atoms with E-state index in [2.05, 4.69) is 5.32 Å². The molecule has 0 atom stereocenters. The Morgan fingerprint density at radius 1 is 1.15 bits per heavy atom. The summed E-state index contributed by atoms with van der Waals surface area (Å²) in [4.78, 5) is 23.4. The lowest BCUT2D eigenvalue weighted by Crippen LogP contribution is -2.38. The van der Waals surface area contributed by atoms with Gasteiger partial charge in [-0.2, -0.15) is 5.26 Å². The number of rotatable bonds is 3. The van der Waals surface area contributed by atoms with Crippen LogP contribution >= 0.6 is 0 Å². The van der Waals surface area contributed by atoms with Crippen LogP contribution in [0.15, 0.2) is 39.9 Å². The Balaban J connectivity index is 2.21. The van der Waals surface area contributed by atoms with E-state index < -0.39 is 0 Å². The highest BCUT2D eigenvalue weighted by atomic mass is 16.2. The topological polar surface area (TPSA) is 79.8 Å². The maximum atomic E-state index is 11.8. The molecule has 0 saturated carbocycles. The molecule has 0 aliphatic heterocycles. The molecule has 6 nitrogen and oxygen atoms in total. The van der Waals surface area contributed by atoms with E-state index in [9.17, 15) is 9.59 Å². The summed E-state index contributed by atoms with van der Waals surface area (Å²) in [5, 5.41) is 11.8. The second-order valence-electron chi connectivity index (χ2n) is 4.42. The van der Waals surface area contributed by atoms with Gasteiger partial charge in [0.25, 0.3) is 5.56 Å². The molecule has 1 N–H and O–H groups in total. The second-order valence-corrected chi connectivity index (χ2v) is 4.42. The van der Waals surface area contributed by atoms with E-state index in [0.717, 1.165) is 10.3 Å². The summed E-state index contributed by atoms with van der Waals surface area (Å²) in [5.74, 6) is 0. The summed E-state index contributed by atoms with van der Waals surface area (Å²) in [7, 11) is 3.07. The highest BCUT2D eigenvalue weighted by Gasteiger charge is 2.05. The minimum atomic E-state index is -0.353. The van der Waals surface area contributed by atoms with Gasteiger partial charge >= 0.3 is 5.69 Å². The van der Waals surface area contributed by atoms with Crippen molar-refractivity contribution < 1.29 is 0 Å². The van der Waals surface area contributed by atoms with Crippen molar-refractivity contribution >= 4 is 5.69 Å². The molecule has 1 aromatic heterocycles. The Kier molecular flexibility index (Phi) is 3.71. The number of benzene rings is 1. The highest BCUT2D eigenvalue weighted by molar-refractivity contribution is 5.47. The zero-order valence-electron chi connectivity index (χ0n) is 11.3. The SMILES string of the molecule is Cn1c(CNc2ccc(C#N)cc2)cc(=O)n(C)c1=O. The van der Waals surface area contributed by atoms with Gasteiger partial charge in [-0.25, -0.2) is 4.79 Å². The molecule has 20 heavy (non-hydrogen) atoms. The number of nitriles is 1. The molecule has 0 fully saturated rings. The van der Waals surface area contributed by atoms with Crippen molar-refractivity contribution in [2.24, 2.45) is 14.1 Å². The Bertz CT molecular complexity index is 779. The Morgan fingerprint density at radius 2 is 1.80 bits per heavy atom. The van der Waals surface area contributed by atoms with Crippen LogP contribution < -0.4 is 16.6 Å². The number of aromatic nitrogens is 2. The van der Waals surface area contributed by atoms with Crippen molar-refractivity contribution in [2.45, 2.75) is 6.54 Å². The first-order valence-electron chi connectivity index (χ1n) is 6.03. The highest BCUT2D eigenvalue weighted by Crippen LogP contribution is 2.09. The van der Waals surface area contributed by atoms with Crippen molar-refractivity contribution in [3.05, 3.63) is 62.4 Å². The number of hydrogen-bond donors (Lipinski definition) is 1. The lowest BCUT2D eigenvalue weighted by atomic mass is 10.2. The lowest BCUT2D eigenvalue weighted by Gasteiger charge is -2.11. The van der Waals surface area contributed by atoms with Gasteiger partial charge in [0.2, 0.25) is 0 Å². The minimum absolute atomic E-state index is 0.329. The van der Waals surface area contributed by atoms with Crippen LogP contribution in [0.4, 0.5) is 5.69 Å². The van der Waals surface area contributed by atoms with Crippen LogP contribution in [-0.2, 0) is 20.6 Å². The smallest absolute Gasteiger partial charge is 0.330 e. The summed E-state index contributed by atoms with van der Waals surface area (Å²) in [5.41, 5.74) is 1.31. The van der Waals surface area contributed by atoms with Crippen LogP contribution in [0.3, 0.4) is 0 Å². The molecule has 0 radical (unpaired) electrons. The molecular weight excluding hydrogens is 256 g/mol. The Labute approximate surface area is 115 Å². The fourth-order valence-corrected chi connectivity index (χ4v) is 1.80. The molecule has 0 aliphatic carbocycles. The summed E-state index contributed by atoms with van der Waals surface area (Å²) in [6, 6.07) is 10.4. The summed E-state index contributed by atoms with van der Waals surface area (Å²) in [6.07, 6.45) is 0. The van der Waals surface area contributed by atoms with Crippen LogP contribution in [0, 0.1) is 11.3 Å². The van der Waals surface area contributed by atoms with Crippen molar-refractivity contribution in [3.8, 4) is 6.07 Å². The molecule has 1 aromatic carbocycles. The molecule has 0 saturated heterocycles. The zero-order chi connectivity index (χ0) is 14.7. The second kappa shape index (κ2) is 5.45. The predicted molar refractivity (Wildman–Crippen MR) is 75.4 cm³/mol. The van der Waals surface area contributed by atoms with Crippen molar-refractivity contribution in [2.75, 3.05) is 5.32 Å². The van der Waals surface area contributed by atoms with Gasteiger partial charge in [-0.15, -0.1) is 0 Å². The first-order valence-corrected chi connectivity index (χ1v) is 6.03. The molecule has 0 unspecified atom stereocenters. The molecule has 0 aliphatic rings. The van der Waals surface area contributed by atoms with Crippen molar-refractivity contribution in [3.63, 3.8) is 0 Å². The molecule has 2 aromatic rings. The predicted octanol–water partition coefficient (Wildman–Crippen LogP) is 0.568. The fourth-order valence-electron chi connectivity index (χ4n) is 1.80. The average Bonchev–Trinajstić information content (AvgIpc) is 2.48. The van der Waals surface area contributed by atoms with E-state index in [1.807, 2.05) is 6.07 Å². The van der Waals surface area contributed by atoms with Crippen LogP contribution in [0.5, 0.6) is 0 Å². The van der Waals surface area contributed by atoms with Gasteiger partial charge in [0.15, 0.2) is 0 Å². The van der Waals surface area contributed by atoms with E-state index in [0.29, 0.717) is 17.8 Å². The van der Waals surface area contributed by atoms with Gasteiger partial charge in [0, 0.05) is 31.5 Å². The normalized spacial score (nSPS) is 10.1. The molecule has 0 amide bonds. The molecule has 102 valence electrons. The molecule has 0 bridgehead atoms. The van der Waals surface area contributed by atoms with E-state index in [1.165, 1.54) is 17.7 Å². The molecule has 2 rings (SSSR count). The summed E-state index contributed by atoms with van der Waals surface area (Å²) >= 11 is 0. The maximum Gasteiger partial charge on any atom is 0.330 e. The van der Waals surface area contributed by atoms with E-state index >= 15 is 0 Å². The molecule has 6 heteroatoms. The van der Waals surface area contributed by atoms with Crippen molar-refractivity contribution in [1.29, 1.82) is 5.26 Å². The van der Waals surface area contributed by atoms with E-state index in [-0.39, 0.29) is 11.2 Å². The first-order chi connectivity index (χ1) is 9.52. The maximum absolute atomic E-state index is 11.8. The first kappa shape index (κ1) is 13.6. The average molecular weight is 270 g/mol. The van der Waals surface area contributed by atoms with Crippen LogP contribution in [0.2, 0.25) is 0 Å². The third-order valence-electron chi connectivity index (χ3n) is 3.11.